The van der Waals surface area contributed by atoms with Crippen molar-refractivity contribution in [3.05, 3.63) is 29.8 Å². The number of anilines is 1. The smallest absolute Gasteiger partial charge is 0.237 e. The van der Waals surface area contributed by atoms with Crippen molar-refractivity contribution in [2.75, 3.05) is 19.0 Å². The van der Waals surface area contributed by atoms with E-state index in [2.05, 4.69) is 34.5 Å². The second-order valence-corrected chi connectivity index (χ2v) is 5.34. The Labute approximate surface area is 109 Å². The van der Waals surface area contributed by atoms with E-state index in [1.54, 1.807) is 13.8 Å². The van der Waals surface area contributed by atoms with Gasteiger partial charge < -0.3 is 10.6 Å². The van der Waals surface area contributed by atoms with Crippen LogP contribution in [-0.4, -0.2) is 25.5 Å². The molecule has 0 saturated heterocycles. The molecule has 18 heavy (non-hydrogen) atoms. The van der Waals surface area contributed by atoms with E-state index in [0.29, 0.717) is 0 Å². The molecule has 4 heteroatoms. The van der Waals surface area contributed by atoms with Crippen molar-refractivity contribution in [1.82, 2.24) is 5.32 Å². The molecule has 1 unspecified atom stereocenters. The lowest BCUT2D eigenvalue weighted by atomic mass is 10.0. The van der Waals surface area contributed by atoms with Crippen molar-refractivity contribution < 1.29 is 4.79 Å². The summed E-state index contributed by atoms with van der Waals surface area (Å²) in [6.45, 7) is 5.61. The van der Waals surface area contributed by atoms with Crippen LogP contribution in [0.5, 0.6) is 0 Å². The highest BCUT2D eigenvalue weighted by Crippen LogP contribution is 2.19. The Bertz CT molecular complexity index is 410. The van der Waals surface area contributed by atoms with Gasteiger partial charge >= 0.3 is 0 Å². The van der Waals surface area contributed by atoms with Gasteiger partial charge in [0.2, 0.25) is 5.91 Å². The Balaban J connectivity index is 2.79. The molecule has 100 valence electrons. The second kappa shape index (κ2) is 5.40. The van der Waals surface area contributed by atoms with Crippen LogP contribution >= 0.6 is 0 Å². The monoisotopic (exact) mass is 249 g/mol. The van der Waals surface area contributed by atoms with Crippen LogP contribution in [-0.2, 0) is 4.79 Å². The Hall–Kier alpha value is -1.55. The van der Waals surface area contributed by atoms with Gasteiger partial charge in [-0.05, 0) is 38.5 Å². The Morgan fingerprint density at radius 1 is 1.28 bits per heavy atom. The number of carbonyl (C=O) groups excluding carboxylic acids is 1. The molecule has 1 atom stereocenters. The number of hydrogen-bond donors (Lipinski definition) is 2. The molecule has 1 amide bonds. The van der Waals surface area contributed by atoms with E-state index in [1.807, 2.05) is 21.0 Å². The van der Waals surface area contributed by atoms with Crippen LogP contribution in [0.4, 0.5) is 5.69 Å². The van der Waals surface area contributed by atoms with Gasteiger partial charge in [-0.15, -0.1) is 0 Å². The summed E-state index contributed by atoms with van der Waals surface area (Å²) in [6, 6.07) is 8.31. The van der Waals surface area contributed by atoms with Gasteiger partial charge in [-0.3, -0.25) is 10.1 Å². The zero-order valence-electron chi connectivity index (χ0n) is 11.8. The van der Waals surface area contributed by atoms with Crippen LogP contribution in [0.1, 0.15) is 32.4 Å². The van der Waals surface area contributed by atoms with Crippen molar-refractivity contribution in [1.29, 1.82) is 0 Å². The second-order valence-electron chi connectivity index (χ2n) is 5.34. The number of rotatable bonds is 5. The molecular formula is C14H23N3O. The number of amides is 1. The first kappa shape index (κ1) is 14.5. The average molecular weight is 249 g/mol. The van der Waals surface area contributed by atoms with Crippen LogP contribution < -0.4 is 16.0 Å². The number of nitrogens with one attached hydrogen (secondary N) is 1. The largest absolute Gasteiger partial charge is 0.378 e. The number of benzene rings is 1. The zero-order chi connectivity index (χ0) is 13.9. The minimum atomic E-state index is -0.709. The predicted octanol–water partition coefficient (Wildman–Crippen LogP) is 1.67. The highest BCUT2D eigenvalue weighted by molar-refractivity contribution is 5.83. The van der Waals surface area contributed by atoms with Crippen LogP contribution in [0.15, 0.2) is 24.3 Å². The maximum absolute atomic E-state index is 11.3. The van der Waals surface area contributed by atoms with Gasteiger partial charge in [-0.2, -0.15) is 0 Å². The van der Waals surface area contributed by atoms with Gasteiger partial charge in [0, 0.05) is 25.8 Å². The number of nitrogens with two attached hydrogens (primary N) is 1. The maximum Gasteiger partial charge on any atom is 0.237 e. The normalized spacial score (nSPS) is 13.2. The molecule has 0 bridgehead atoms. The van der Waals surface area contributed by atoms with Crippen LogP contribution in [0.2, 0.25) is 0 Å². The molecule has 0 aliphatic carbocycles. The highest BCUT2D eigenvalue weighted by Gasteiger charge is 2.26. The summed E-state index contributed by atoms with van der Waals surface area (Å²) in [5.41, 5.74) is 6.93. The predicted molar refractivity (Wildman–Crippen MR) is 75.6 cm³/mol. The third-order valence-corrected chi connectivity index (χ3v) is 3.10. The fourth-order valence-electron chi connectivity index (χ4n) is 1.76. The summed E-state index contributed by atoms with van der Waals surface area (Å²) in [7, 11) is 4.01. The zero-order valence-corrected chi connectivity index (χ0v) is 11.8. The molecule has 1 aromatic rings. The van der Waals surface area contributed by atoms with E-state index >= 15 is 0 Å². The minimum absolute atomic E-state index is 0.0729. The fourth-order valence-corrected chi connectivity index (χ4v) is 1.76. The van der Waals surface area contributed by atoms with Crippen molar-refractivity contribution in [3.8, 4) is 0 Å². The van der Waals surface area contributed by atoms with Crippen molar-refractivity contribution in [2.45, 2.75) is 32.4 Å². The molecule has 0 radical (unpaired) electrons. The Kier molecular flexibility index (Phi) is 4.35. The van der Waals surface area contributed by atoms with Gasteiger partial charge in [0.05, 0.1) is 5.54 Å². The topological polar surface area (TPSA) is 58.4 Å². The summed E-state index contributed by atoms with van der Waals surface area (Å²) in [4.78, 5) is 13.3. The van der Waals surface area contributed by atoms with E-state index < -0.39 is 5.54 Å². The third kappa shape index (κ3) is 3.47. The first-order chi connectivity index (χ1) is 8.24. The van der Waals surface area contributed by atoms with Crippen LogP contribution in [0, 0.1) is 0 Å². The van der Waals surface area contributed by atoms with Crippen molar-refractivity contribution in [2.24, 2.45) is 5.73 Å². The van der Waals surface area contributed by atoms with Crippen molar-refractivity contribution in [3.63, 3.8) is 0 Å². The summed E-state index contributed by atoms with van der Waals surface area (Å²) in [5, 5.41) is 3.23. The Morgan fingerprint density at radius 3 is 2.17 bits per heavy atom. The number of hydrogen-bond acceptors (Lipinski definition) is 3. The highest BCUT2D eigenvalue weighted by atomic mass is 16.1. The maximum atomic E-state index is 11.3. The van der Waals surface area contributed by atoms with E-state index in [9.17, 15) is 4.79 Å². The lowest BCUT2D eigenvalue weighted by molar-refractivity contribution is -0.123. The molecule has 0 fully saturated rings. The van der Waals surface area contributed by atoms with Gasteiger partial charge in [-0.1, -0.05) is 12.1 Å². The molecule has 0 aliphatic rings. The molecular weight excluding hydrogens is 226 g/mol. The summed E-state index contributed by atoms with van der Waals surface area (Å²) in [5.74, 6) is -0.348. The van der Waals surface area contributed by atoms with Gasteiger partial charge in [0.25, 0.3) is 0 Å². The quantitative estimate of drug-likeness (QED) is 0.834. The number of nitrogens with zero attached hydrogens (tertiary/aromatic N) is 1. The molecule has 3 N–H and O–H groups in total. The molecule has 1 rings (SSSR count). The standard InChI is InChI=1S/C14H23N3O/c1-10(16-14(2,3)13(15)18)11-6-8-12(9-7-11)17(4)5/h6-10,16H,1-5H3,(H2,15,18). The lowest BCUT2D eigenvalue weighted by Crippen LogP contribution is -2.51. The average Bonchev–Trinajstić information content (AvgIpc) is 2.28. The molecule has 0 aromatic heterocycles. The summed E-state index contributed by atoms with van der Waals surface area (Å²) in [6.07, 6.45) is 0. The van der Waals surface area contributed by atoms with E-state index in [0.717, 1.165) is 11.3 Å². The third-order valence-electron chi connectivity index (χ3n) is 3.10. The molecule has 4 nitrogen and oxygen atoms in total. The SMILES string of the molecule is CC(NC(C)(C)C(N)=O)c1ccc(N(C)C)cc1. The Morgan fingerprint density at radius 2 is 1.78 bits per heavy atom. The summed E-state index contributed by atoms with van der Waals surface area (Å²) >= 11 is 0. The van der Waals surface area contributed by atoms with E-state index in [-0.39, 0.29) is 11.9 Å². The van der Waals surface area contributed by atoms with E-state index in [1.165, 1.54) is 0 Å². The van der Waals surface area contributed by atoms with Gasteiger partial charge in [0.1, 0.15) is 0 Å². The minimum Gasteiger partial charge on any atom is -0.378 e. The molecule has 0 heterocycles. The van der Waals surface area contributed by atoms with Crippen LogP contribution in [0.3, 0.4) is 0 Å². The molecule has 0 spiro atoms. The fraction of sp³-hybridized carbons (Fsp3) is 0.500. The lowest BCUT2D eigenvalue weighted by Gasteiger charge is -2.27. The molecule has 0 saturated carbocycles. The van der Waals surface area contributed by atoms with Crippen molar-refractivity contribution >= 4 is 11.6 Å². The summed E-state index contributed by atoms with van der Waals surface area (Å²) < 4.78 is 0. The van der Waals surface area contributed by atoms with Gasteiger partial charge in [0.15, 0.2) is 0 Å². The van der Waals surface area contributed by atoms with Crippen LogP contribution in [0.25, 0.3) is 0 Å². The molecule has 0 aliphatic heterocycles. The molecule has 1 aromatic carbocycles. The number of primary amides is 1. The van der Waals surface area contributed by atoms with Gasteiger partial charge in [-0.25, -0.2) is 0 Å². The first-order valence-corrected chi connectivity index (χ1v) is 6.09. The first-order valence-electron chi connectivity index (χ1n) is 6.09. The van der Waals surface area contributed by atoms with E-state index in [4.69, 9.17) is 5.73 Å². The number of carbonyl (C=O) groups is 1.